The number of aryl methyl sites for hydroxylation is 1. The minimum absolute atomic E-state index is 0.0371. The van der Waals surface area contributed by atoms with Gasteiger partial charge in [0.15, 0.2) is 0 Å². The third kappa shape index (κ3) is 3.76. The lowest BCUT2D eigenvalue weighted by molar-refractivity contribution is -0.110. The molecule has 2 aliphatic heterocycles. The number of hydrogen-bond acceptors (Lipinski definition) is 4. The largest absolute Gasteiger partial charge is 0.395 e. The fraction of sp³-hybridized carbons (Fsp3) is 0.364. The number of β-amino-alcohol motifs (C(OH)–C–C–N with tert-alkyl or cyclic N) is 1. The van der Waals surface area contributed by atoms with Crippen molar-refractivity contribution < 1.29 is 19.1 Å². The number of carbonyl (C=O) groups excluding carboxylic acids is 2. The van der Waals surface area contributed by atoms with Crippen LogP contribution >= 0.6 is 0 Å². The first-order chi connectivity index (χ1) is 14.4. The van der Waals surface area contributed by atoms with Crippen LogP contribution in [-0.4, -0.2) is 59.1 Å². The maximum absolute atomic E-state index is 13.7. The number of halogens is 1. The molecule has 3 heterocycles. The molecule has 0 saturated carbocycles. The van der Waals surface area contributed by atoms with Crippen molar-refractivity contribution in [3.8, 4) is 0 Å². The Morgan fingerprint density at radius 2 is 2.20 bits per heavy atom. The van der Waals surface area contributed by atoms with Gasteiger partial charge in [0, 0.05) is 48.3 Å². The molecule has 2 amide bonds. The van der Waals surface area contributed by atoms with Gasteiger partial charge in [-0.1, -0.05) is 0 Å². The average Bonchev–Trinajstić information content (AvgIpc) is 3.33. The fourth-order valence-corrected chi connectivity index (χ4v) is 4.26. The molecule has 2 aromatic rings. The van der Waals surface area contributed by atoms with E-state index in [-0.39, 0.29) is 24.5 Å². The van der Waals surface area contributed by atoms with Crippen LogP contribution in [-0.2, 0) is 4.79 Å². The van der Waals surface area contributed by atoms with E-state index >= 15 is 0 Å². The maximum Gasteiger partial charge on any atom is 0.256 e. The molecule has 30 heavy (non-hydrogen) atoms. The van der Waals surface area contributed by atoms with E-state index < -0.39 is 5.82 Å². The molecule has 0 aliphatic carbocycles. The molecule has 1 aromatic heterocycles. The van der Waals surface area contributed by atoms with Crippen molar-refractivity contribution in [1.29, 1.82) is 0 Å². The zero-order chi connectivity index (χ0) is 21.4. The monoisotopic (exact) mass is 412 g/mol. The Hall–Kier alpha value is -2.97. The molecule has 0 bridgehead atoms. The van der Waals surface area contributed by atoms with Gasteiger partial charge in [0.25, 0.3) is 11.8 Å². The van der Waals surface area contributed by atoms with Gasteiger partial charge in [0.2, 0.25) is 0 Å². The SMILES string of the molecule is Cc1[nH]c(/C=C2\C(=O)Nc3ccc(F)cc32)c(C)c1C(=O)N[C@H]1CCN(CCO)C1. The van der Waals surface area contributed by atoms with E-state index in [2.05, 4.69) is 20.5 Å². The summed E-state index contributed by atoms with van der Waals surface area (Å²) in [6.07, 6.45) is 2.51. The van der Waals surface area contributed by atoms with Gasteiger partial charge >= 0.3 is 0 Å². The van der Waals surface area contributed by atoms with Crippen molar-refractivity contribution in [3.63, 3.8) is 0 Å². The molecule has 1 saturated heterocycles. The van der Waals surface area contributed by atoms with E-state index in [4.69, 9.17) is 5.11 Å². The van der Waals surface area contributed by atoms with Gasteiger partial charge in [-0.25, -0.2) is 4.39 Å². The summed E-state index contributed by atoms with van der Waals surface area (Å²) in [4.78, 5) is 30.6. The minimum Gasteiger partial charge on any atom is -0.395 e. The Bertz CT molecular complexity index is 1040. The fourth-order valence-electron chi connectivity index (χ4n) is 4.26. The summed E-state index contributed by atoms with van der Waals surface area (Å²) in [6.45, 7) is 5.93. The van der Waals surface area contributed by atoms with Crippen LogP contribution in [0.5, 0.6) is 0 Å². The van der Waals surface area contributed by atoms with E-state index in [0.717, 1.165) is 18.5 Å². The predicted octanol–water partition coefficient (Wildman–Crippen LogP) is 2.06. The normalized spacial score (nSPS) is 19.9. The molecule has 158 valence electrons. The Balaban J connectivity index is 1.58. The smallest absolute Gasteiger partial charge is 0.256 e. The van der Waals surface area contributed by atoms with Crippen molar-refractivity contribution >= 4 is 29.2 Å². The zero-order valence-corrected chi connectivity index (χ0v) is 17.0. The number of nitrogens with one attached hydrogen (secondary N) is 3. The second-order valence-corrected chi connectivity index (χ2v) is 7.85. The third-order valence-electron chi connectivity index (χ3n) is 5.78. The van der Waals surface area contributed by atoms with Gasteiger partial charge in [0.1, 0.15) is 5.82 Å². The number of carbonyl (C=O) groups is 2. The Labute approximate surface area is 174 Å². The molecule has 8 heteroatoms. The first kappa shape index (κ1) is 20.3. The second kappa shape index (κ2) is 8.04. The number of hydrogen-bond donors (Lipinski definition) is 4. The van der Waals surface area contributed by atoms with Crippen LogP contribution in [0.3, 0.4) is 0 Å². The lowest BCUT2D eigenvalue weighted by Crippen LogP contribution is -2.37. The van der Waals surface area contributed by atoms with E-state index in [0.29, 0.717) is 46.9 Å². The highest BCUT2D eigenvalue weighted by Gasteiger charge is 2.28. The van der Waals surface area contributed by atoms with Crippen LogP contribution in [0.2, 0.25) is 0 Å². The van der Waals surface area contributed by atoms with E-state index in [1.165, 1.54) is 18.2 Å². The summed E-state index contributed by atoms with van der Waals surface area (Å²) in [5.74, 6) is -0.880. The van der Waals surface area contributed by atoms with Gasteiger partial charge < -0.3 is 20.7 Å². The summed E-state index contributed by atoms with van der Waals surface area (Å²) in [5.41, 5.74) is 4.08. The van der Waals surface area contributed by atoms with Crippen LogP contribution in [0.15, 0.2) is 18.2 Å². The average molecular weight is 412 g/mol. The number of nitrogens with zero attached hydrogens (tertiary/aromatic N) is 1. The topological polar surface area (TPSA) is 97.5 Å². The summed E-state index contributed by atoms with van der Waals surface area (Å²) in [5, 5.41) is 14.9. The van der Waals surface area contributed by atoms with Crippen LogP contribution in [0, 0.1) is 19.7 Å². The van der Waals surface area contributed by atoms with Gasteiger partial charge in [0.05, 0.1) is 17.7 Å². The van der Waals surface area contributed by atoms with Gasteiger partial charge in [-0.05, 0) is 50.1 Å². The summed E-state index contributed by atoms with van der Waals surface area (Å²) in [6, 6.07) is 4.21. The Kier molecular flexibility index (Phi) is 5.44. The molecule has 7 nitrogen and oxygen atoms in total. The van der Waals surface area contributed by atoms with Crippen LogP contribution in [0.25, 0.3) is 11.6 Å². The second-order valence-electron chi connectivity index (χ2n) is 7.85. The molecular formula is C22H25FN4O3. The highest BCUT2D eigenvalue weighted by atomic mass is 19.1. The highest BCUT2D eigenvalue weighted by Crippen LogP contribution is 2.34. The summed E-state index contributed by atoms with van der Waals surface area (Å²) >= 11 is 0. The number of aromatic nitrogens is 1. The molecule has 0 spiro atoms. The van der Waals surface area contributed by atoms with Crippen molar-refractivity contribution in [2.45, 2.75) is 26.3 Å². The van der Waals surface area contributed by atoms with Gasteiger partial charge in [-0.2, -0.15) is 0 Å². The lowest BCUT2D eigenvalue weighted by Gasteiger charge is -2.15. The quantitative estimate of drug-likeness (QED) is 0.565. The molecule has 0 radical (unpaired) electrons. The number of aromatic amines is 1. The number of rotatable bonds is 5. The molecule has 1 fully saturated rings. The molecule has 2 aliphatic rings. The number of anilines is 1. The minimum atomic E-state index is -0.414. The molecule has 4 N–H and O–H groups in total. The number of H-pyrrole nitrogens is 1. The number of aliphatic hydroxyl groups excluding tert-OH is 1. The van der Waals surface area contributed by atoms with E-state index in [9.17, 15) is 14.0 Å². The van der Waals surface area contributed by atoms with Crippen molar-refractivity contribution in [1.82, 2.24) is 15.2 Å². The first-order valence-corrected chi connectivity index (χ1v) is 10.0. The Morgan fingerprint density at radius 1 is 1.40 bits per heavy atom. The van der Waals surface area contributed by atoms with E-state index in [1.807, 2.05) is 13.8 Å². The highest BCUT2D eigenvalue weighted by molar-refractivity contribution is 6.34. The van der Waals surface area contributed by atoms with Gasteiger partial charge in [-0.3, -0.25) is 14.5 Å². The number of benzene rings is 1. The maximum atomic E-state index is 13.7. The predicted molar refractivity (Wildman–Crippen MR) is 113 cm³/mol. The molecule has 0 unspecified atom stereocenters. The molecule has 1 aromatic carbocycles. The zero-order valence-electron chi connectivity index (χ0n) is 17.0. The van der Waals surface area contributed by atoms with Crippen molar-refractivity contribution in [2.24, 2.45) is 0 Å². The number of amides is 2. The third-order valence-corrected chi connectivity index (χ3v) is 5.78. The summed E-state index contributed by atoms with van der Waals surface area (Å²) < 4.78 is 13.7. The van der Waals surface area contributed by atoms with Crippen LogP contribution in [0.1, 0.15) is 39.3 Å². The number of likely N-dealkylation sites (tertiary alicyclic amines) is 1. The number of fused-ring (bicyclic) bond motifs is 1. The standard InChI is InChI=1S/C22H25FN4O3/c1-12-19(10-17-16-9-14(23)3-4-18(16)26-21(17)29)24-13(2)20(12)22(30)25-15-5-6-27(11-15)7-8-28/h3-4,9-10,15,24,28H,5-8,11H2,1-2H3,(H,25,30)(H,26,29)/b17-10-/t15-/m0/s1. The van der Waals surface area contributed by atoms with Crippen LogP contribution < -0.4 is 10.6 Å². The Morgan fingerprint density at radius 3 is 2.97 bits per heavy atom. The van der Waals surface area contributed by atoms with E-state index in [1.54, 1.807) is 6.08 Å². The summed E-state index contributed by atoms with van der Waals surface area (Å²) in [7, 11) is 0. The van der Waals surface area contributed by atoms with Crippen molar-refractivity contribution in [3.05, 3.63) is 52.1 Å². The van der Waals surface area contributed by atoms with Gasteiger partial charge in [-0.15, -0.1) is 0 Å². The molecule has 4 rings (SSSR count). The van der Waals surface area contributed by atoms with Crippen molar-refractivity contribution in [2.75, 3.05) is 31.6 Å². The van der Waals surface area contributed by atoms with Crippen LogP contribution in [0.4, 0.5) is 10.1 Å². The number of aliphatic hydroxyl groups is 1. The lowest BCUT2D eigenvalue weighted by atomic mass is 10.0. The first-order valence-electron chi connectivity index (χ1n) is 10.0. The molecule has 1 atom stereocenters. The molecular weight excluding hydrogens is 387 g/mol.